The van der Waals surface area contributed by atoms with Gasteiger partial charge in [0.2, 0.25) is 0 Å². The molecule has 0 saturated heterocycles. The molecule has 2 aromatic heterocycles. The maximum absolute atomic E-state index is 6.03. The van der Waals surface area contributed by atoms with Gasteiger partial charge in [-0.3, -0.25) is 4.98 Å². The number of hydrogen-bond donors (Lipinski definition) is 1. The Bertz CT molecular complexity index is 531. The van der Waals surface area contributed by atoms with E-state index >= 15 is 0 Å². The Hall–Kier alpha value is -1.39. The summed E-state index contributed by atoms with van der Waals surface area (Å²) in [5, 5.41) is 4.37. The second-order valence-corrected chi connectivity index (χ2v) is 6.23. The summed E-state index contributed by atoms with van der Waals surface area (Å²) in [4.78, 5) is 7.01. The summed E-state index contributed by atoms with van der Waals surface area (Å²) in [5.41, 5.74) is 9.62. The molecule has 3 rings (SSSR count). The molecule has 1 unspecified atom stereocenters. The van der Waals surface area contributed by atoms with Gasteiger partial charge in [0.1, 0.15) is 0 Å². The topological polar surface area (TPSA) is 42.1 Å². The van der Waals surface area contributed by atoms with E-state index in [0.717, 1.165) is 18.7 Å². The quantitative estimate of drug-likeness (QED) is 0.880. The van der Waals surface area contributed by atoms with E-state index in [1.807, 2.05) is 6.20 Å². The smallest absolute Gasteiger partial charge is 0.0572 e. The fourth-order valence-electron chi connectivity index (χ4n) is 2.39. The average molecular weight is 287 g/mol. The normalized spacial score (nSPS) is 16.1. The van der Waals surface area contributed by atoms with Crippen LogP contribution in [0.4, 0.5) is 5.69 Å². The largest absolute Gasteiger partial charge is 0.363 e. The minimum Gasteiger partial charge on any atom is -0.363 e. The number of rotatable bonds is 6. The molecule has 0 spiro atoms. The Morgan fingerprint density at radius 2 is 2.25 bits per heavy atom. The van der Waals surface area contributed by atoms with Gasteiger partial charge >= 0.3 is 0 Å². The van der Waals surface area contributed by atoms with Gasteiger partial charge in [-0.2, -0.15) is 11.3 Å². The highest BCUT2D eigenvalue weighted by atomic mass is 32.1. The number of aromatic nitrogens is 1. The summed E-state index contributed by atoms with van der Waals surface area (Å²) < 4.78 is 0. The molecule has 106 valence electrons. The Morgan fingerprint density at radius 3 is 2.80 bits per heavy atom. The zero-order valence-electron chi connectivity index (χ0n) is 11.8. The third-order valence-electron chi connectivity index (χ3n) is 3.84. The summed E-state index contributed by atoms with van der Waals surface area (Å²) in [5.74, 6) is 0. The summed E-state index contributed by atoms with van der Waals surface area (Å²) in [6.07, 6.45) is 5.49. The first-order valence-electron chi connectivity index (χ1n) is 7.27. The van der Waals surface area contributed by atoms with Crippen LogP contribution in [0, 0.1) is 0 Å². The van der Waals surface area contributed by atoms with E-state index in [4.69, 9.17) is 5.73 Å². The Kier molecular flexibility index (Phi) is 4.03. The van der Waals surface area contributed by atoms with Gasteiger partial charge in [0.05, 0.1) is 17.6 Å². The van der Waals surface area contributed by atoms with Gasteiger partial charge in [-0.05, 0) is 53.8 Å². The zero-order chi connectivity index (χ0) is 13.9. The fourth-order valence-corrected chi connectivity index (χ4v) is 3.05. The second kappa shape index (κ2) is 5.94. The first-order valence-corrected chi connectivity index (χ1v) is 8.21. The maximum atomic E-state index is 6.03. The number of thiophene rings is 1. The van der Waals surface area contributed by atoms with Crippen molar-refractivity contribution < 1.29 is 0 Å². The molecule has 0 aromatic carbocycles. The highest BCUT2D eigenvalue weighted by Crippen LogP contribution is 2.33. The van der Waals surface area contributed by atoms with E-state index < -0.39 is 0 Å². The summed E-state index contributed by atoms with van der Waals surface area (Å²) in [6.45, 7) is 3.07. The zero-order valence-corrected chi connectivity index (χ0v) is 12.6. The molecule has 0 amide bonds. The average Bonchev–Trinajstić information content (AvgIpc) is 3.21. The standard InChI is InChI=1S/C16H21N3S/c1-2-15(17)16-6-5-14(9-18-16)19(13-3-4-13)10-12-7-8-20-11-12/h5-9,11,13,15H,2-4,10,17H2,1H3. The van der Waals surface area contributed by atoms with Crippen LogP contribution in [0.1, 0.15) is 43.5 Å². The molecule has 1 fully saturated rings. The summed E-state index contributed by atoms with van der Waals surface area (Å²) in [7, 11) is 0. The van der Waals surface area contributed by atoms with Crippen LogP contribution >= 0.6 is 11.3 Å². The van der Waals surface area contributed by atoms with Crippen LogP contribution < -0.4 is 10.6 Å². The van der Waals surface area contributed by atoms with Crippen molar-refractivity contribution in [2.24, 2.45) is 5.73 Å². The van der Waals surface area contributed by atoms with Crippen LogP contribution in [0.5, 0.6) is 0 Å². The molecule has 0 aliphatic heterocycles. The molecule has 3 nitrogen and oxygen atoms in total. The second-order valence-electron chi connectivity index (χ2n) is 5.45. The van der Waals surface area contributed by atoms with Gasteiger partial charge in [0.25, 0.3) is 0 Å². The molecule has 0 radical (unpaired) electrons. The van der Waals surface area contributed by atoms with Crippen LogP contribution in [0.3, 0.4) is 0 Å². The van der Waals surface area contributed by atoms with E-state index in [1.165, 1.54) is 24.1 Å². The molecule has 4 heteroatoms. The van der Waals surface area contributed by atoms with E-state index in [9.17, 15) is 0 Å². The maximum Gasteiger partial charge on any atom is 0.0572 e. The molecule has 2 N–H and O–H groups in total. The Labute approximate surface area is 124 Å². The number of hydrogen-bond acceptors (Lipinski definition) is 4. The van der Waals surface area contributed by atoms with Crippen LogP contribution in [0.2, 0.25) is 0 Å². The van der Waals surface area contributed by atoms with Gasteiger partial charge in [-0.25, -0.2) is 0 Å². The van der Waals surface area contributed by atoms with Gasteiger partial charge in [0.15, 0.2) is 0 Å². The number of pyridine rings is 1. The van der Waals surface area contributed by atoms with Crippen molar-refractivity contribution in [2.45, 2.75) is 44.8 Å². The molecular formula is C16H21N3S. The third-order valence-corrected chi connectivity index (χ3v) is 4.57. The minimum atomic E-state index is 0.0512. The van der Waals surface area contributed by atoms with Crippen LogP contribution in [-0.4, -0.2) is 11.0 Å². The molecule has 20 heavy (non-hydrogen) atoms. The monoisotopic (exact) mass is 287 g/mol. The fraction of sp³-hybridized carbons (Fsp3) is 0.438. The lowest BCUT2D eigenvalue weighted by molar-refractivity contribution is 0.674. The van der Waals surface area contributed by atoms with Crippen LogP contribution in [0.25, 0.3) is 0 Å². The van der Waals surface area contributed by atoms with Crippen molar-refractivity contribution in [1.29, 1.82) is 0 Å². The highest BCUT2D eigenvalue weighted by Gasteiger charge is 2.29. The summed E-state index contributed by atoms with van der Waals surface area (Å²) in [6, 6.07) is 7.18. The van der Waals surface area contributed by atoms with Gasteiger partial charge in [-0.15, -0.1) is 0 Å². The first-order chi connectivity index (χ1) is 9.78. The summed E-state index contributed by atoms with van der Waals surface area (Å²) >= 11 is 1.76. The molecule has 1 saturated carbocycles. The van der Waals surface area contributed by atoms with Crippen molar-refractivity contribution in [2.75, 3.05) is 4.90 Å². The van der Waals surface area contributed by atoms with Crippen LogP contribution in [0.15, 0.2) is 35.2 Å². The Morgan fingerprint density at radius 1 is 1.40 bits per heavy atom. The lowest BCUT2D eigenvalue weighted by Crippen LogP contribution is -2.25. The van der Waals surface area contributed by atoms with Gasteiger partial charge < -0.3 is 10.6 Å². The van der Waals surface area contributed by atoms with Crippen molar-refractivity contribution in [3.8, 4) is 0 Å². The van der Waals surface area contributed by atoms with Gasteiger partial charge in [-0.1, -0.05) is 6.92 Å². The minimum absolute atomic E-state index is 0.0512. The van der Waals surface area contributed by atoms with Crippen molar-refractivity contribution in [1.82, 2.24) is 4.98 Å². The van der Waals surface area contributed by atoms with Crippen LogP contribution in [-0.2, 0) is 6.54 Å². The SMILES string of the molecule is CCC(N)c1ccc(N(Cc2ccsc2)C2CC2)cn1. The van der Waals surface area contributed by atoms with E-state index in [-0.39, 0.29) is 6.04 Å². The van der Waals surface area contributed by atoms with E-state index in [0.29, 0.717) is 6.04 Å². The van der Waals surface area contributed by atoms with Crippen molar-refractivity contribution in [3.63, 3.8) is 0 Å². The number of nitrogens with zero attached hydrogens (tertiary/aromatic N) is 2. The highest BCUT2D eigenvalue weighted by molar-refractivity contribution is 7.07. The molecule has 2 aromatic rings. The molecule has 2 heterocycles. The van der Waals surface area contributed by atoms with Crippen molar-refractivity contribution >= 4 is 17.0 Å². The lowest BCUT2D eigenvalue weighted by Gasteiger charge is -2.24. The molecule has 0 bridgehead atoms. The first kappa shape index (κ1) is 13.6. The molecular weight excluding hydrogens is 266 g/mol. The third kappa shape index (κ3) is 3.02. The number of nitrogens with two attached hydrogens (primary N) is 1. The van der Waals surface area contributed by atoms with E-state index in [1.54, 1.807) is 11.3 Å². The molecule has 1 atom stereocenters. The van der Waals surface area contributed by atoms with E-state index in [2.05, 4.69) is 45.8 Å². The predicted molar refractivity (Wildman–Crippen MR) is 85.0 cm³/mol. The van der Waals surface area contributed by atoms with Gasteiger partial charge in [0, 0.05) is 18.6 Å². The number of anilines is 1. The Balaban J connectivity index is 1.77. The molecule has 1 aliphatic rings. The lowest BCUT2D eigenvalue weighted by atomic mass is 10.1. The molecule has 1 aliphatic carbocycles. The predicted octanol–water partition coefficient (Wildman–Crippen LogP) is 3.72. The van der Waals surface area contributed by atoms with Crippen molar-refractivity contribution in [3.05, 3.63) is 46.4 Å².